The van der Waals surface area contributed by atoms with Gasteiger partial charge in [0.2, 0.25) is 5.91 Å². The summed E-state index contributed by atoms with van der Waals surface area (Å²) >= 11 is 0. The molecule has 0 unspecified atom stereocenters. The number of aryl methyl sites for hydroxylation is 1. The lowest BCUT2D eigenvalue weighted by molar-refractivity contribution is -0.115. The first kappa shape index (κ1) is 15.7. The summed E-state index contributed by atoms with van der Waals surface area (Å²) in [7, 11) is 3.11. The monoisotopic (exact) mass is 305 g/mol. The van der Waals surface area contributed by atoms with Crippen LogP contribution < -0.4 is 20.1 Å². The van der Waals surface area contributed by atoms with E-state index in [1.807, 2.05) is 6.92 Å². The molecule has 0 bridgehead atoms. The van der Waals surface area contributed by atoms with Gasteiger partial charge in [-0.1, -0.05) is 5.16 Å². The summed E-state index contributed by atoms with van der Waals surface area (Å²) in [5, 5.41) is 9.60. The molecule has 7 heteroatoms. The highest BCUT2D eigenvalue weighted by atomic mass is 16.5. The SMILES string of the molecule is COc1ccc(NC(=O)CCNc2cc(C)on2)cc1OC. The van der Waals surface area contributed by atoms with Gasteiger partial charge in [0, 0.05) is 30.8 Å². The number of aromatic nitrogens is 1. The molecule has 0 atom stereocenters. The van der Waals surface area contributed by atoms with Crippen LogP contribution in [0.5, 0.6) is 11.5 Å². The second-order valence-corrected chi connectivity index (χ2v) is 4.62. The fourth-order valence-corrected chi connectivity index (χ4v) is 1.89. The smallest absolute Gasteiger partial charge is 0.226 e. The molecule has 0 saturated carbocycles. The van der Waals surface area contributed by atoms with Crippen molar-refractivity contribution in [3.63, 3.8) is 0 Å². The number of amides is 1. The first-order chi connectivity index (χ1) is 10.6. The lowest BCUT2D eigenvalue weighted by Crippen LogP contribution is -2.16. The van der Waals surface area contributed by atoms with Gasteiger partial charge in [0.15, 0.2) is 17.3 Å². The van der Waals surface area contributed by atoms with Crippen molar-refractivity contribution in [2.75, 3.05) is 31.4 Å². The van der Waals surface area contributed by atoms with Crippen LogP contribution in [0.2, 0.25) is 0 Å². The van der Waals surface area contributed by atoms with Crippen molar-refractivity contribution < 1.29 is 18.8 Å². The van der Waals surface area contributed by atoms with Gasteiger partial charge in [-0.15, -0.1) is 0 Å². The zero-order valence-electron chi connectivity index (χ0n) is 12.8. The van der Waals surface area contributed by atoms with Crippen molar-refractivity contribution in [1.29, 1.82) is 0 Å². The van der Waals surface area contributed by atoms with E-state index in [0.717, 1.165) is 5.76 Å². The number of carbonyl (C=O) groups is 1. The highest BCUT2D eigenvalue weighted by Gasteiger charge is 2.08. The summed E-state index contributed by atoms with van der Waals surface area (Å²) in [5.41, 5.74) is 0.653. The van der Waals surface area contributed by atoms with E-state index in [9.17, 15) is 4.79 Å². The molecule has 0 saturated heterocycles. The van der Waals surface area contributed by atoms with Gasteiger partial charge in [-0.2, -0.15) is 0 Å². The van der Waals surface area contributed by atoms with Crippen LogP contribution in [0.15, 0.2) is 28.8 Å². The van der Waals surface area contributed by atoms with Crippen molar-refractivity contribution in [1.82, 2.24) is 5.16 Å². The van der Waals surface area contributed by atoms with E-state index in [1.54, 1.807) is 38.5 Å². The third kappa shape index (κ3) is 4.15. The van der Waals surface area contributed by atoms with Crippen LogP contribution in [-0.2, 0) is 4.79 Å². The number of benzene rings is 1. The first-order valence-electron chi connectivity index (χ1n) is 6.81. The van der Waals surface area contributed by atoms with Gasteiger partial charge < -0.3 is 24.6 Å². The lowest BCUT2D eigenvalue weighted by Gasteiger charge is -2.10. The fraction of sp³-hybridized carbons (Fsp3) is 0.333. The Morgan fingerprint density at radius 1 is 1.23 bits per heavy atom. The molecule has 7 nitrogen and oxygen atoms in total. The molecule has 22 heavy (non-hydrogen) atoms. The molecular formula is C15H19N3O4. The normalized spacial score (nSPS) is 10.1. The van der Waals surface area contributed by atoms with Crippen LogP contribution in [0.25, 0.3) is 0 Å². The number of methoxy groups -OCH3 is 2. The summed E-state index contributed by atoms with van der Waals surface area (Å²) in [5.74, 6) is 2.41. The number of carbonyl (C=O) groups excluding carboxylic acids is 1. The topological polar surface area (TPSA) is 85.6 Å². The Hall–Kier alpha value is -2.70. The fourth-order valence-electron chi connectivity index (χ4n) is 1.89. The molecule has 0 fully saturated rings. The largest absolute Gasteiger partial charge is 0.493 e. The maximum atomic E-state index is 11.9. The first-order valence-corrected chi connectivity index (χ1v) is 6.81. The third-order valence-electron chi connectivity index (χ3n) is 2.95. The van der Waals surface area contributed by atoms with E-state index < -0.39 is 0 Å². The quantitative estimate of drug-likeness (QED) is 0.817. The van der Waals surface area contributed by atoms with Gasteiger partial charge >= 0.3 is 0 Å². The maximum Gasteiger partial charge on any atom is 0.226 e. The van der Waals surface area contributed by atoms with Gasteiger partial charge in [0.05, 0.1) is 14.2 Å². The van der Waals surface area contributed by atoms with Gasteiger partial charge in [0.25, 0.3) is 0 Å². The zero-order valence-corrected chi connectivity index (χ0v) is 12.8. The predicted molar refractivity (Wildman–Crippen MR) is 82.5 cm³/mol. The third-order valence-corrected chi connectivity index (χ3v) is 2.95. The van der Waals surface area contributed by atoms with Gasteiger partial charge in [0.1, 0.15) is 5.76 Å². The summed E-state index contributed by atoms with van der Waals surface area (Å²) < 4.78 is 15.3. The molecule has 0 aliphatic rings. The zero-order chi connectivity index (χ0) is 15.9. The number of ether oxygens (including phenoxy) is 2. The number of rotatable bonds is 7. The van der Waals surface area contributed by atoms with Gasteiger partial charge in [-0.25, -0.2) is 0 Å². The van der Waals surface area contributed by atoms with E-state index in [1.165, 1.54) is 0 Å². The van der Waals surface area contributed by atoms with E-state index in [-0.39, 0.29) is 5.91 Å². The number of hydrogen-bond acceptors (Lipinski definition) is 6. The van der Waals surface area contributed by atoms with Crippen LogP contribution in [0.3, 0.4) is 0 Å². The van der Waals surface area contributed by atoms with Crippen molar-refractivity contribution in [2.24, 2.45) is 0 Å². The van der Waals surface area contributed by atoms with E-state index in [2.05, 4.69) is 15.8 Å². The molecule has 1 heterocycles. The second-order valence-electron chi connectivity index (χ2n) is 4.62. The second kappa shape index (κ2) is 7.35. The van der Waals surface area contributed by atoms with Crippen molar-refractivity contribution in [3.05, 3.63) is 30.0 Å². The molecular weight excluding hydrogens is 286 g/mol. The highest BCUT2D eigenvalue weighted by Crippen LogP contribution is 2.29. The summed E-state index contributed by atoms with van der Waals surface area (Å²) in [4.78, 5) is 11.9. The minimum Gasteiger partial charge on any atom is -0.493 e. The van der Waals surface area contributed by atoms with Crippen LogP contribution in [-0.4, -0.2) is 31.8 Å². The van der Waals surface area contributed by atoms with Crippen molar-refractivity contribution in [2.45, 2.75) is 13.3 Å². The van der Waals surface area contributed by atoms with Crippen LogP contribution in [0.1, 0.15) is 12.2 Å². The van der Waals surface area contributed by atoms with E-state index >= 15 is 0 Å². The molecule has 0 spiro atoms. The lowest BCUT2D eigenvalue weighted by atomic mass is 10.2. The van der Waals surface area contributed by atoms with Crippen LogP contribution in [0, 0.1) is 6.92 Å². The Bertz CT molecular complexity index is 639. The average Bonchev–Trinajstić information content (AvgIpc) is 2.92. The van der Waals surface area contributed by atoms with Crippen LogP contribution >= 0.6 is 0 Å². The summed E-state index contributed by atoms with van der Waals surface area (Å²) in [6.07, 6.45) is 0.306. The van der Waals surface area contributed by atoms with E-state index in [4.69, 9.17) is 14.0 Å². The van der Waals surface area contributed by atoms with Gasteiger partial charge in [-0.3, -0.25) is 4.79 Å². The predicted octanol–water partition coefficient (Wildman–Crippen LogP) is 2.44. The average molecular weight is 305 g/mol. The Balaban J connectivity index is 1.84. The molecule has 0 aliphatic carbocycles. The van der Waals surface area contributed by atoms with Crippen molar-refractivity contribution in [3.8, 4) is 11.5 Å². The minimum atomic E-state index is -0.111. The number of anilines is 2. The molecule has 2 rings (SSSR count). The highest BCUT2D eigenvalue weighted by molar-refractivity contribution is 5.91. The molecule has 0 aliphatic heterocycles. The summed E-state index contributed by atoms with van der Waals surface area (Å²) in [6, 6.07) is 6.98. The maximum absolute atomic E-state index is 11.9. The Kier molecular flexibility index (Phi) is 5.24. The molecule has 2 N–H and O–H groups in total. The van der Waals surface area contributed by atoms with Gasteiger partial charge in [-0.05, 0) is 19.1 Å². The molecule has 1 amide bonds. The Morgan fingerprint density at radius 2 is 2.00 bits per heavy atom. The molecule has 0 radical (unpaired) electrons. The van der Waals surface area contributed by atoms with Crippen molar-refractivity contribution >= 4 is 17.4 Å². The molecule has 1 aromatic heterocycles. The Morgan fingerprint density at radius 3 is 2.64 bits per heavy atom. The summed E-state index contributed by atoms with van der Waals surface area (Å²) in [6.45, 7) is 2.27. The van der Waals surface area contributed by atoms with Crippen LogP contribution in [0.4, 0.5) is 11.5 Å². The Labute approximate surface area is 128 Å². The number of hydrogen-bond donors (Lipinski definition) is 2. The number of nitrogens with one attached hydrogen (secondary N) is 2. The molecule has 118 valence electrons. The van der Waals surface area contributed by atoms with E-state index in [0.29, 0.717) is 36.0 Å². The minimum absolute atomic E-state index is 0.111. The molecule has 1 aromatic carbocycles. The standard InChI is InChI=1S/C15H19N3O4/c1-10-8-14(18-22-10)16-7-6-15(19)17-11-4-5-12(20-2)13(9-11)21-3/h4-5,8-9H,6-7H2,1-3H3,(H,16,18)(H,17,19). The molecule has 2 aromatic rings. The number of nitrogens with zero attached hydrogens (tertiary/aromatic N) is 1.